The van der Waals surface area contributed by atoms with Crippen molar-refractivity contribution in [2.45, 2.75) is 167 Å². The maximum atomic E-state index is 14.6. The number of esters is 1. The van der Waals surface area contributed by atoms with E-state index in [0.717, 1.165) is 24.0 Å². The number of ketones is 1. The first kappa shape index (κ1) is 66.7. The van der Waals surface area contributed by atoms with Crippen molar-refractivity contribution in [3.63, 3.8) is 0 Å². The van der Waals surface area contributed by atoms with Crippen molar-refractivity contribution in [2.75, 3.05) is 44.6 Å². The molecule has 2 aromatic carbocycles. The molecule has 23 heteroatoms. The van der Waals surface area contributed by atoms with E-state index in [1.54, 1.807) is 82.6 Å². The number of allylic oxidation sites excluding steroid dienone is 3. The van der Waals surface area contributed by atoms with Gasteiger partial charge in [0.25, 0.3) is 0 Å². The molecule has 0 radical (unpaired) electrons. The highest BCUT2D eigenvalue weighted by molar-refractivity contribution is 7.80. The molecule has 1 aromatic heterocycles. The zero-order chi connectivity index (χ0) is 62.8. The molecule has 4 aliphatic heterocycles. The van der Waals surface area contributed by atoms with Crippen LogP contribution < -0.4 is 31.3 Å². The third kappa shape index (κ3) is 16.4. The molecular weight excluding hydrogens is 1150 g/mol. The van der Waals surface area contributed by atoms with Gasteiger partial charge in [0.1, 0.15) is 40.3 Å². The number of anilines is 2. The second kappa shape index (κ2) is 29.2. The Bertz CT molecular complexity index is 3140. The number of fused-ring (bicyclic) bond motifs is 6. The number of nitrogens with zero attached hydrogens (tertiary/aromatic N) is 3. The molecule has 4 bridgehead atoms. The zero-order valence-electron chi connectivity index (χ0n) is 50.5. The molecule has 0 saturated carbocycles. The summed E-state index contributed by atoms with van der Waals surface area (Å²) in [6.07, 6.45) is 5.42. The number of imide groups is 1. The normalized spacial score (nSPS) is 26.0. The van der Waals surface area contributed by atoms with Crippen molar-refractivity contribution in [3.8, 4) is 5.75 Å². The van der Waals surface area contributed by atoms with Crippen LogP contribution in [0.1, 0.15) is 123 Å². The molecule has 3 saturated heterocycles. The number of thiocarbonyl (C=S) groups is 1. The van der Waals surface area contributed by atoms with E-state index in [1.807, 2.05) is 26.8 Å². The number of epoxide rings is 1. The average Bonchev–Trinajstić information content (AvgIpc) is 1.60. The number of amides is 7. The molecule has 3 fully saturated rings. The molecule has 21 nitrogen and oxygen atoms in total. The molecule has 7 amide bonds. The summed E-state index contributed by atoms with van der Waals surface area (Å²) >= 11 is 12.7. The number of likely N-dealkylation sites (tertiary alicyclic amines) is 1. The van der Waals surface area contributed by atoms with Crippen LogP contribution in [0.15, 0.2) is 66.4 Å². The minimum atomic E-state index is -1.65. The van der Waals surface area contributed by atoms with Crippen molar-refractivity contribution >= 4 is 98.5 Å². The van der Waals surface area contributed by atoms with Crippen molar-refractivity contribution in [3.05, 3.63) is 82.5 Å². The maximum absolute atomic E-state index is 14.6. The van der Waals surface area contributed by atoms with E-state index in [9.17, 15) is 43.5 Å². The molecule has 10 atom stereocenters. The average molecular weight is 1230 g/mol. The predicted octanol–water partition coefficient (Wildman–Crippen LogP) is 8.20. The van der Waals surface area contributed by atoms with Gasteiger partial charge in [-0.25, -0.2) is 9.59 Å². The van der Waals surface area contributed by atoms with Crippen LogP contribution in [0.4, 0.5) is 21.0 Å². The first-order valence-electron chi connectivity index (χ1n) is 29.4. The van der Waals surface area contributed by atoms with Crippen LogP contribution in [0.25, 0.3) is 10.9 Å². The van der Waals surface area contributed by atoms with Crippen LogP contribution in [-0.2, 0) is 60.6 Å². The molecule has 7 rings (SSSR count). The van der Waals surface area contributed by atoms with Gasteiger partial charge in [0.15, 0.2) is 5.78 Å². The minimum absolute atomic E-state index is 0.00132. The number of benzene rings is 2. The Morgan fingerprint density at radius 3 is 2.47 bits per heavy atom. The SMILES string of the molecule is COc1cc2cc(c1Cl)N(C)C(=O)C[C@H](OC(=O)Nc1ccc(CC(=O)[C@H](CCCNC(N)=O)NC(=O)[C@@H](CC(=S)CCCCCN3C(=O)CC(C)C3=O)C(C)C)c3ncccc13)[C@]1(C)O[C@H]1[C@H](C)[C@@H]1C[C@@](O)(CC(=O)O1)[C@H](OC)/C=C/C=C(\C)C2. The largest absolute Gasteiger partial charge is 0.495 e. The number of pyridine rings is 1. The van der Waals surface area contributed by atoms with E-state index in [2.05, 4.69) is 20.9 Å². The Balaban J connectivity index is 1.09. The Kier molecular flexibility index (Phi) is 22.7. The number of carbonyl (C=O) groups excluding carboxylic acids is 8. The van der Waals surface area contributed by atoms with Crippen LogP contribution in [0.3, 0.4) is 0 Å². The van der Waals surface area contributed by atoms with Crippen molar-refractivity contribution in [1.29, 1.82) is 0 Å². The molecule has 466 valence electrons. The van der Waals surface area contributed by atoms with E-state index in [4.69, 9.17) is 53.2 Å². The van der Waals surface area contributed by atoms with Gasteiger partial charge in [-0.1, -0.05) is 87.8 Å². The number of halogens is 1. The number of ether oxygens (including phenoxy) is 5. The lowest BCUT2D eigenvalue weighted by Crippen LogP contribution is -2.53. The Labute approximate surface area is 512 Å². The predicted molar refractivity (Wildman–Crippen MR) is 328 cm³/mol. The van der Waals surface area contributed by atoms with Crippen molar-refractivity contribution in [1.82, 2.24) is 20.5 Å². The highest BCUT2D eigenvalue weighted by atomic mass is 35.5. The smallest absolute Gasteiger partial charge is 0.412 e. The van der Waals surface area contributed by atoms with Crippen LogP contribution in [0, 0.1) is 23.7 Å². The second-order valence-corrected chi connectivity index (χ2v) is 24.8. The van der Waals surface area contributed by atoms with Gasteiger partial charge >= 0.3 is 18.1 Å². The number of urea groups is 1. The van der Waals surface area contributed by atoms with Gasteiger partial charge in [-0.15, -0.1) is 0 Å². The van der Waals surface area contributed by atoms with Gasteiger partial charge in [-0.05, 0) is 111 Å². The molecule has 86 heavy (non-hydrogen) atoms. The Morgan fingerprint density at radius 2 is 1.78 bits per heavy atom. The number of Topliss-reactive ketones (excluding diaryl/α,β-unsaturated/α-hetero) is 1. The molecule has 1 unspecified atom stereocenters. The lowest BCUT2D eigenvalue weighted by molar-refractivity contribution is -0.187. The van der Waals surface area contributed by atoms with Gasteiger partial charge in [0, 0.05) is 75.8 Å². The number of aliphatic hydroxyl groups is 1. The van der Waals surface area contributed by atoms with Gasteiger partial charge in [-0.3, -0.25) is 44.0 Å². The number of methoxy groups -OCH3 is 2. The highest BCUT2D eigenvalue weighted by Gasteiger charge is 2.64. The number of nitrogens with one attached hydrogen (secondary N) is 3. The van der Waals surface area contributed by atoms with Gasteiger partial charge in [-0.2, -0.15) is 0 Å². The lowest BCUT2D eigenvalue weighted by atomic mass is 9.78. The summed E-state index contributed by atoms with van der Waals surface area (Å²) in [4.78, 5) is 115. The number of rotatable bonds is 22. The third-order valence-corrected chi connectivity index (χ3v) is 17.7. The number of primary amides is 1. The number of hydrogen-bond acceptors (Lipinski definition) is 16. The summed E-state index contributed by atoms with van der Waals surface area (Å²) in [5, 5.41) is 21.1. The molecule has 3 aromatic rings. The summed E-state index contributed by atoms with van der Waals surface area (Å²) < 4.78 is 29.9. The monoisotopic (exact) mass is 1230 g/mol. The first-order chi connectivity index (χ1) is 40.8. The summed E-state index contributed by atoms with van der Waals surface area (Å²) in [6, 6.07) is 8.48. The minimum Gasteiger partial charge on any atom is -0.495 e. The summed E-state index contributed by atoms with van der Waals surface area (Å²) in [7, 11) is 4.49. The van der Waals surface area contributed by atoms with Gasteiger partial charge < -0.3 is 50.1 Å². The maximum Gasteiger partial charge on any atom is 0.412 e. The third-order valence-electron chi connectivity index (χ3n) is 17.0. The van der Waals surface area contributed by atoms with Crippen LogP contribution >= 0.6 is 23.8 Å². The van der Waals surface area contributed by atoms with E-state index in [-0.39, 0.29) is 84.7 Å². The first-order valence-corrected chi connectivity index (χ1v) is 30.2. The molecular formula is C63H82ClN7O14S. The van der Waals surface area contributed by atoms with E-state index >= 15 is 0 Å². The molecule has 0 spiro atoms. The van der Waals surface area contributed by atoms with Crippen LogP contribution in [0.2, 0.25) is 5.02 Å². The summed E-state index contributed by atoms with van der Waals surface area (Å²) in [6.45, 7) is 11.5. The number of aromatic nitrogens is 1. The van der Waals surface area contributed by atoms with E-state index < -0.39 is 83.9 Å². The fourth-order valence-electron chi connectivity index (χ4n) is 11.9. The summed E-state index contributed by atoms with van der Waals surface area (Å²) in [5.41, 5.74) is 5.52. The summed E-state index contributed by atoms with van der Waals surface area (Å²) in [5.74, 6) is -3.32. The Hall–Kier alpha value is -6.85. The van der Waals surface area contributed by atoms with Crippen LogP contribution in [0.5, 0.6) is 5.75 Å². The Morgan fingerprint density at radius 1 is 1.02 bits per heavy atom. The number of nitrogens with two attached hydrogens (primary N) is 1. The lowest BCUT2D eigenvalue weighted by Gasteiger charge is -2.41. The molecule has 0 aliphatic carbocycles. The number of unbranched alkanes of at least 4 members (excludes halogenated alkanes) is 2. The second-order valence-electron chi connectivity index (χ2n) is 23.8. The van der Waals surface area contributed by atoms with E-state index in [0.29, 0.717) is 71.4 Å². The van der Waals surface area contributed by atoms with Crippen molar-refractivity contribution in [2.24, 2.45) is 29.4 Å². The fraction of sp³-hybridized carbons (Fsp3) is 0.556. The number of hydrogen-bond donors (Lipinski definition) is 5. The van der Waals surface area contributed by atoms with Crippen molar-refractivity contribution < 1.29 is 67.1 Å². The highest BCUT2D eigenvalue weighted by Crippen LogP contribution is 2.50. The van der Waals surface area contributed by atoms with Gasteiger partial charge in [0.2, 0.25) is 23.6 Å². The topological polar surface area (TPSA) is 288 Å². The van der Waals surface area contributed by atoms with E-state index in [1.165, 1.54) is 24.0 Å². The quantitative estimate of drug-likeness (QED) is 0.0208. The van der Waals surface area contributed by atoms with Gasteiger partial charge in [0.05, 0.1) is 49.0 Å². The zero-order valence-corrected chi connectivity index (χ0v) is 52.1. The molecule has 5 heterocycles. The van der Waals surface area contributed by atoms with Crippen LogP contribution in [-0.4, -0.2) is 143 Å². The molecule has 4 aliphatic rings. The fourth-order valence-corrected chi connectivity index (χ4v) is 12.5. The standard InChI is InChI=1S/C63H82ClN7O14S/c1-35(2)43(31-41(86)17-11-10-12-25-71-53(74)27-37(4)59(71)77)58(76)68-45(19-15-24-67-60(65)78)47(72)30-40-21-22-44(42-18-14-23-66-56(40)42)69-61(79)84-51-32-52(73)70(7)46-28-39(29-48(81-8)55(46)64)26-36(3)16-13-20-50(82-9)63(80)33-49(83-54(75)34-63)38(5)57-62(51,6)85-57/h13-14,16,18,20-23,28-29,35,37-38,43,45,49-51,57,80H,10-12,15,17,19,24-27,30-34H2,1-9H3,(H,68,76)(H,69,79)(H3,65,67,78)/b20-13+,36-16+/t37?,38-,43+,45+,49+,50-,51+,57+,62+,63-/m1/s1. The number of carbonyl (C=O) groups is 8. The molecule has 6 N–H and O–H groups in total.